The van der Waals surface area contributed by atoms with Gasteiger partial charge in [0, 0.05) is 43.3 Å². The molecular formula is C30H37N7O5S. The Balaban J connectivity index is 1.36. The van der Waals surface area contributed by atoms with Gasteiger partial charge in [0.25, 0.3) is 16.1 Å². The van der Waals surface area contributed by atoms with Crippen LogP contribution in [0.1, 0.15) is 43.1 Å². The van der Waals surface area contributed by atoms with Crippen molar-refractivity contribution in [2.75, 3.05) is 18.4 Å². The highest BCUT2D eigenvalue weighted by molar-refractivity contribution is 7.87. The van der Waals surface area contributed by atoms with E-state index in [1.54, 1.807) is 69.6 Å². The van der Waals surface area contributed by atoms with E-state index in [0.29, 0.717) is 12.1 Å². The predicted molar refractivity (Wildman–Crippen MR) is 164 cm³/mol. The first-order chi connectivity index (χ1) is 20.5. The van der Waals surface area contributed by atoms with Gasteiger partial charge in [-0.25, -0.2) is 4.98 Å². The summed E-state index contributed by atoms with van der Waals surface area (Å²) in [5.74, 6) is -0.472. The lowest BCUT2D eigenvalue weighted by Crippen LogP contribution is -2.53. The molecule has 0 fully saturated rings. The summed E-state index contributed by atoms with van der Waals surface area (Å²) in [5, 5.41) is 11.1. The fraction of sp³-hybridized carbons (Fsp3) is 0.333. The van der Waals surface area contributed by atoms with Gasteiger partial charge in [0.2, 0.25) is 0 Å². The van der Waals surface area contributed by atoms with E-state index in [0.717, 1.165) is 35.2 Å². The monoisotopic (exact) mass is 607 g/mol. The van der Waals surface area contributed by atoms with Gasteiger partial charge in [0.05, 0.1) is 11.7 Å². The molecule has 0 bridgehead atoms. The van der Waals surface area contributed by atoms with Crippen LogP contribution in [0, 0.1) is 0 Å². The zero-order valence-corrected chi connectivity index (χ0v) is 25.2. The molecule has 0 saturated heterocycles. The number of benzene rings is 2. The standard InChI is InChI=1S/C30H37N7O5S/c1-30(2,3)42-29(39)25(36-43(40,41)35-19-22-10-5-4-6-11-22)21-33-28(38)23-13-14-26-24(18-23)20-34-37(26)17-9-16-32-27-12-7-8-15-31-27/h4-8,10-15,18,20,25,35-36H,9,16-17,19,21H2,1-3H3,(H,31,32)(H,33,38)/t25-/m0/s1. The molecule has 1 amide bonds. The molecule has 12 nitrogen and oxygen atoms in total. The summed E-state index contributed by atoms with van der Waals surface area (Å²) >= 11 is 0. The minimum absolute atomic E-state index is 0.0258. The van der Waals surface area contributed by atoms with Crippen LogP contribution in [-0.2, 0) is 32.8 Å². The maximum absolute atomic E-state index is 13.0. The van der Waals surface area contributed by atoms with E-state index in [-0.39, 0.29) is 13.1 Å². The van der Waals surface area contributed by atoms with Gasteiger partial charge >= 0.3 is 5.97 Å². The van der Waals surface area contributed by atoms with E-state index in [9.17, 15) is 18.0 Å². The van der Waals surface area contributed by atoms with Crippen molar-refractivity contribution in [3.05, 3.63) is 90.3 Å². The molecule has 2 aromatic carbocycles. The highest BCUT2D eigenvalue weighted by atomic mass is 32.2. The molecule has 0 saturated carbocycles. The number of fused-ring (bicyclic) bond motifs is 1. The molecule has 43 heavy (non-hydrogen) atoms. The largest absolute Gasteiger partial charge is 0.459 e. The molecule has 0 aliphatic rings. The molecule has 228 valence electrons. The van der Waals surface area contributed by atoms with E-state index in [1.807, 2.05) is 35.0 Å². The second kappa shape index (κ2) is 14.2. The quantitative estimate of drug-likeness (QED) is 0.126. The third-order valence-electron chi connectivity index (χ3n) is 6.19. The third-order valence-corrected chi connectivity index (χ3v) is 7.31. The van der Waals surface area contributed by atoms with E-state index in [4.69, 9.17) is 4.74 Å². The molecule has 4 rings (SSSR count). The Kier molecular flexibility index (Phi) is 10.5. The van der Waals surface area contributed by atoms with Gasteiger partial charge in [-0.1, -0.05) is 36.4 Å². The molecule has 0 aliphatic heterocycles. The van der Waals surface area contributed by atoms with E-state index in [2.05, 4.69) is 30.2 Å². The maximum Gasteiger partial charge on any atom is 0.326 e. The molecule has 4 N–H and O–H groups in total. The number of nitrogens with one attached hydrogen (secondary N) is 4. The average molecular weight is 608 g/mol. The average Bonchev–Trinajstić information content (AvgIpc) is 3.38. The molecule has 4 aromatic rings. The van der Waals surface area contributed by atoms with Crippen molar-refractivity contribution < 1.29 is 22.7 Å². The Morgan fingerprint density at radius 2 is 1.79 bits per heavy atom. The lowest BCUT2D eigenvalue weighted by Gasteiger charge is -2.24. The van der Waals surface area contributed by atoms with Gasteiger partial charge in [0.15, 0.2) is 0 Å². The fourth-order valence-electron chi connectivity index (χ4n) is 4.17. The van der Waals surface area contributed by atoms with Crippen LogP contribution in [0.4, 0.5) is 5.82 Å². The van der Waals surface area contributed by atoms with Crippen LogP contribution in [0.15, 0.2) is 79.1 Å². The molecule has 2 heterocycles. The molecular weight excluding hydrogens is 570 g/mol. The van der Waals surface area contributed by atoms with Crippen molar-refractivity contribution in [1.82, 2.24) is 29.5 Å². The van der Waals surface area contributed by atoms with Gasteiger partial charge in [-0.05, 0) is 63.1 Å². The van der Waals surface area contributed by atoms with E-state index in [1.165, 1.54) is 0 Å². The second-order valence-electron chi connectivity index (χ2n) is 10.9. The van der Waals surface area contributed by atoms with Gasteiger partial charge in [-0.15, -0.1) is 0 Å². The third kappa shape index (κ3) is 9.87. The highest BCUT2D eigenvalue weighted by Crippen LogP contribution is 2.17. The Hall–Kier alpha value is -4.33. The zero-order valence-electron chi connectivity index (χ0n) is 24.4. The van der Waals surface area contributed by atoms with Crippen LogP contribution in [-0.4, -0.2) is 59.8 Å². The van der Waals surface area contributed by atoms with Crippen molar-refractivity contribution in [3.63, 3.8) is 0 Å². The number of carbonyl (C=O) groups excluding carboxylic acids is 2. The number of aromatic nitrogens is 3. The summed E-state index contributed by atoms with van der Waals surface area (Å²) < 4.78 is 37.5. The number of nitrogens with zero attached hydrogens (tertiary/aromatic N) is 3. The normalized spacial score (nSPS) is 12.5. The molecule has 1 atom stereocenters. The van der Waals surface area contributed by atoms with Crippen molar-refractivity contribution >= 4 is 38.8 Å². The number of rotatable bonds is 14. The molecule has 0 radical (unpaired) electrons. The maximum atomic E-state index is 13.0. The number of anilines is 1. The zero-order chi connectivity index (χ0) is 30.9. The predicted octanol–water partition coefficient (Wildman–Crippen LogP) is 3.00. The Morgan fingerprint density at radius 3 is 2.51 bits per heavy atom. The topological polar surface area (TPSA) is 156 Å². The SMILES string of the molecule is CC(C)(C)OC(=O)[C@H](CNC(=O)c1ccc2c(cnn2CCCNc2ccccn2)c1)NS(=O)(=O)NCc1ccccc1. The minimum atomic E-state index is -4.11. The number of hydrogen-bond acceptors (Lipinski definition) is 8. The van der Waals surface area contributed by atoms with Crippen LogP contribution >= 0.6 is 0 Å². The van der Waals surface area contributed by atoms with Crippen LogP contribution in [0.3, 0.4) is 0 Å². The van der Waals surface area contributed by atoms with Gasteiger partial charge in [0.1, 0.15) is 17.5 Å². The number of amides is 1. The minimum Gasteiger partial charge on any atom is -0.459 e. The summed E-state index contributed by atoms with van der Waals surface area (Å²) in [6, 6.07) is 18.5. The summed E-state index contributed by atoms with van der Waals surface area (Å²) in [4.78, 5) is 30.2. The van der Waals surface area contributed by atoms with Crippen molar-refractivity contribution in [1.29, 1.82) is 0 Å². The Bertz CT molecular complexity index is 1620. The van der Waals surface area contributed by atoms with Gasteiger partial charge < -0.3 is 15.4 Å². The van der Waals surface area contributed by atoms with Crippen LogP contribution in [0.2, 0.25) is 0 Å². The molecule has 2 aromatic heterocycles. The smallest absolute Gasteiger partial charge is 0.326 e. The number of aryl methyl sites for hydroxylation is 1. The van der Waals surface area contributed by atoms with E-state index >= 15 is 0 Å². The summed E-state index contributed by atoms with van der Waals surface area (Å²) in [6.45, 7) is 6.13. The molecule has 13 heteroatoms. The van der Waals surface area contributed by atoms with Crippen LogP contribution in [0.5, 0.6) is 0 Å². The van der Waals surface area contributed by atoms with E-state index < -0.39 is 33.7 Å². The van der Waals surface area contributed by atoms with Gasteiger partial charge in [-0.3, -0.25) is 14.3 Å². The number of ether oxygens (including phenoxy) is 1. The van der Waals surface area contributed by atoms with Crippen molar-refractivity contribution in [3.8, 4) is 0 Å². The lowest BCUT2D eigenvalue weighted by molar-refractivity contribution is -0.156. The molecule has 0 spiro atoms. The van der Waals surface area contributed by atoms with Crippen molar-refractivity contribution in [2.45, 2.75) is 51.9 Å². The first-order valence-electron chi connectivity index (χ1n) is 13.9. The summed E-state index contributed by atoms with van der Waals surface area (Å²) in [7, 11) is -4.11. The lowest BCUT2D eigenvalue weighted by atomic mass is 10.1. The Labute approximate surface area is 251 Å². The first-order valence-corrected chi connectivity index (χ1v) is 15.4. The van der Waals surface area contributed by atoms with Crippen LogP contribution in [0.25, 0.3) is 10.9 Å². The summed E-state index contributed by atoms with van der Waals surface area (Å²) in [6.07, 6.45) is 4.24. The van der Waals surface area contributed by atoms with Crippen molar-refractivity contribution in [2.24, 2.45) is 0 Å². The Morgan fingerprint density at radius 1 is 1.02 bits per heavy atom. The van der Waals surface area contributed by atoms with Gasteiger partial charge in [-0.2, -0.15) is 23.0 Å². The highest BCUT2D eigenvalue weighted by Gasteiger charge is 2.29. The molecule has 0 aliphatic carbocycles. The number of carbonyl (C=O) groups is 2. The number of pyridine rings is 1. The number of esters is 1. The first kappa shape index (κ1) is 31.6. The fourth-order valence-corrected chi connectivity index (χ4v) is 5.16. The second-order valence-corrected chi connectivity index (χ2v) is 12.4. The molecule has 0 unspecified atom stereocenters. The number of hydrogen-bond donors (Lipinski definition) is 4. The van der Waals surface area contributed by atoms with Crippen LogP contribution < -0.4 is 20.1 Å². The summed E-state index contributed by atoms with van der Waals surface area (Å²) in [5.41, 5.74) is 1.10.